The Balaban J connectivity index is 3.82. The van der Waals surface area contributed by atoms with Crippen molar-refractivity contribution in [2.24, 2.45) is 0 Å². The molecule has 8 heavy (non-hydrogen) atoms. The number of rotatable bonds is 1. The first-order chi connectivity index (χ1) is 3.48. The maximum atomic E-state index is 10.4. The second-order valence-electron chi connectivity index (χ2n) is 2.05. The number of methoxy groups -OCH3 is 1. The van der Waals surface area contributed by atoms with Crippen LogP contribution >= 0.6 is 0 Å². The van der Waals surface area contributed by atoms with Crippen molar-refractivity contribution in [1.29, 1.82) is 0 Å². The van der Waals surface area contributed by atoms with Crippen molar-refractivity contribution in [3.05, 3.63) is 0 Å². The zero-order valence-electron chi connectivity index (χ0n) is 5.26. The molecular weight excluding hydrogens is 169 g/mol. The first-order valence-electron chi connectivity index (χ1n) is 2.29. The molecule has 0 bridgehead atoms. The van der Waals surface area contributed by atoms with Gasteiger partial charge < -0.3 is 0 Å². The van der Waals surface area contributed by atoms with Gasteiger partial charge >= 0.3 is 55.6 Å². The predicted octanol–water partition coefficient (Wildman–Crippen LogP) is -1.77. The Morgan fingerprint density at radius 2 is 2.25 bits per heavy atom. The summed E-state index contributed by atoms with van der Waals surface area (Å²) in [6, 6.07) is 0. The molecule has 0 heterocycles. The second-order valence-corrected chi connectivity index (χ2v) is 6.14. The normalized spacial score (nSPS) is 17.4. The van der Waals surface area contributed by atoms with E-state index < -0.39 is 10.4 Å². The van der Waals surface area contributed by atoms with Crippen molar-refractivity contribution < 1.29 is 14.6 Å². The number of hydrogen-bond acceptors (Lipinski definition) is 3. The van der Waals surface area contributed by atoms with Gasteiger partial charge in [-0.15, -0.1) is 0 Å². The van der Waals surface area contributed by atoms with Gasteiger partial charge in [-0.2, -0.15) is 0 Å². The first kappa shape index (κ1) is 7.97. The molecule has 1 N–H and O–H groups in total. The maximum absolute atomic E-state index is 10.4. The van der Waals surface area contributed by atoms with E-state index in [2.05, 4.69) is 4.74 Å². The van der Waals surface area contributed by atoms with Crippen LogP contribution < -0.4 is 0 Å². The minimum atomic E-state index is -1.16. The SMILES string of the molecule is COC(=O)[C](C)(O)[GeH3]. The van der Waals surface area contributed by atoms with Crippen LogP contribution in [0.2, 0.25) is 0 Å². The second kappa shape index (κ2) is 2.50. The molecule has 0 spiro atoms. The third kappa shape index (κ3) is 2.32. The Bertz CT molecular complexity index is 93.9. The number of ether oxygens (including phenoxy) is 1. The van der Waals surface area contributed by atoms with Gasteiger partial charge in [0.25, 0.3) is 0 Å². The fourth-order valence-electron chi connectivity index (χ4n) is 0.250. The molecule has 0 amide bonds. The molecule has 0 radical (unpaired) electrons. The summed E-state index contributed by atoms with van der Waals surface area (Å²) >= 11 is 0.0626. The summed E-state index contributed by atoms with van der Waals surface area (Å²) in [6.07, 6.45) is 0. The summed E-state index contributed by atoms with van der Waals surface area (Å²) in [6.45, 7) is 1.46. The van der Waals surface area contributed by atoms with Crippen molar-refractivity contribution in [2.75, 3.05) is 7.11 Å². The summed E-state index contributed by atoms with van der Waals surface area (Å²) in [5.74, 6) is -0.530. The fraction of sp³-hybridized carbons (Fsp3) is 0.750. The van der Waals surface area contributed by atoms with E-state index in [4.69, 9.17) is 5.11 Å². The Hall–Kier alpha value is -0.0271. The van der Waals surface area contributed by atoms with E-state index in [1.54, 1.807) is 0 Å². The quantitative estimate of drug-likeness (QED) is 0.382. The molecule has 0 aromatic heterocycles. The van der Waals surface area contributed by atoms with Gasteiger partial charge in [0.1, 0.15) is 0 Å². The van der Waals surface area contributed by atoms with Gasteiger partial charge in [0.2, 0.25) is 0 Å². The van der Waals surface area contributed by atoms with Crippen LogP contribution in [-0.4, -0.2) is 39.1 Å². The predicted molar refractivity (Wildman–Crippen MR) is 32.6 cm³/mol. The summed E-state index contributed by atoms with van der Waals surface area (Å²) in [4.78, 5) is 10.4. The van der Waals surface area contributed by atoms with Crippen LogP contribution in [0.5, 0.6) is 0 Å². The first-order valence-corrected chi connectivity index (χ1v) is 4.39. The summed E-state index contributed by atoms with van der Waals surface area (Å²) in [7, 11) is 1.27. The van der Waals surface area contributed by atoms with Crippen LogP contribution in [-0.2, 0) is 9.53 Å². The van der Waals surface area contributed by atoms with E-state index in [0.29, 0.717) is 0 Å². The van der Waals surface area contributed by atoms with Gasteiger partial charge in [0.15, 0.2) is 0 Å². The van der Waals surface area contributed by atoms with E-state index >= 15 is 0 Å². The molecule has 0 fully saturated rings. The van der Waals surface area contributed by atoms with Crippen LogP contribution in [0.1, 0.15) is 6.92 Å². The average molecular weight is 179 g/mol. The van der Waals surface area contributed by atoms with Crippen molar-refractivity contribution >= 4 is 22.5 Å². The Kier molecular flexibility index (Phi) is 2.49. The number of hydrogen-bond donors (Lipinski definition) is 1. The molecule has 0 saturated carbocycles. The molecule has 0 aromatic carbocycles. The Morgan fingerprint density at radius 1 is 1.88 bits per heavy atom. The third-order valence-corrected chi connectivity index (χ3v) is 1.54. The molecule has 0 rings (SSSR count). The zero-order chi connectivity index (χ0) is 6.78. The molecule has 0 aliphatic carbocycles. The van der Waals surface area contributed by atoms with E-state index in [1.807, 2.05) is 0 Å². The third-order valence-electron chi connectivity index (χ3n) is 0.685. The molecule has 1 atom stereocenters. The molecule has 0 aromatic rings. The van der Waals surface area contributed by atoms with Crippen LogP contribution in [0.4, 0.5) is 0 Å². The standard InChI is InChI=1S/C4H10GeO3/c1-4(5,7)3(6)8-2/h7H,1-2,5H3. The fourth-order valence-corrected chi connectivity index (χ4v) is 0.678. The van der Waals surface area contributed by atoms with Gasteiger partial charge in [0.05, 0.1) is 0 Å². The molecule has 3 nitrogen and oxygen atoms in total. The molecule has 48 valence electrons. The zero-order valence-corrected chi connectivity index (χ0v) is 9.46. The van der Waals surface area contributed by atoms with E-state index in [0.717, 1.165) is 0 Å². The van der Waals surface area contributed by atoms with Gasteiger partial charge in [-0.25, -0.2) is 0 Å². The van der Waals surface area contributed by atoms with Crippen molar-refractivity contribution in [2.45, 2.75) is 11.4 Å². The summed E-state index contributed by atoms with van der Waals surface area (Å²) < 4.78 is 3.11. The molecule has 1 unspecified atom stereocenters. The van der Waals surface area contributed by atoms with E-state index in [1.165, 1.54) is 14.0 Å². The molecular formula is C4H10GeO3. The van der Waals surface area contributed by atoms with Crippen LogP contribution in [0.25, 0.3) is 0 Å². The van der Waals surface area contributed by atoms with Crippen molar-refractivity contribution in [3.8, 4) is 0 Å². The Labute approximate surface area is 56.2 Å². The van der Waals surface area contributed by atoms with Crippen LogP contribution in [0, 0.1) is 0 Å². The molecule has 0 aliphatic rings. The van der Waals surface area contributed by atoms with Gasteiger partial charge in [0, 0.05) is 0 Å². The van der Waals surface area contributed by atoms with Crippen molar-refractivity contribution in [1.82, 2.24) is 0 Å². The van der Waals surface area contributed by atoms with Crippen molar-refractivity contribution in [3.63, 3.8) is 0 Å². The summed E-state index contributed by atoms with van der Waals surface area (Å²) in [5, 5.41) is 8.89. The van der Waals surface area contributed by atoms with Crippen LogP contribution in [0.3, 0.4) is 0 Å². The van der Waals surface area contributed by atoms with Gasteiger partial charge in [-0.05, 0) is 0 Å². The van der Waals surface area contributed by atoms with E-state index in [9.17, 15) is 4.79 Å². The molecule has 0 saturated heterocycles. The topological polar surface area (TPSA) is 46.5 Å². The molecule has 0 aliphatic heterocycles. The number of aliphatic hydroxyl groups is 1. The average Bonchev–Trinajstić information content (AvgIpc) is 1.62. The van der Waals surface area contributed by atoms with Gasteiger partial charge in [-0.1, -0.05) is 0 Å². The summed E-state index contributed by atoms with van der Waals surface area (Å²) in [5.41, 5.74) is 0. The number of carbonyl (C=O) groups excluding carboxylic acids is 1. The monoisotopic (exact) mass is 180 g/mol. The Morgan fingerprint density at radius 3 is 2.25 bits per heavy atom. The van der Waals surface area contributed by atoms with Gasteiger partial charge in [-0.3, -0.25) is 0 Å². The minimum absolute atomic E-state index is 0.0626. The van der Waals surface area contributed by atoms with E-state index in [-0.39, 0.29) is 16.5 Å². The number of esters is 1. The van der Waals surface area contributed by atoms with Crippen LogP contribution in [0.15, 0.2) is 0 Å². The molecule has 4 heteroatoms. The number of carbonyl (C=O) groups is 1.